The van der Waals surface area contributed by atoms with Gasteiger partial charge in [0.1, 0.15) is 11.6 Å². The van der Waals surface area contributed by atoms with Crippen molar-refractivity contribution < 1.29 is 9.13 Å². The van der Waals surface area contributed by atoms with E-state index in [1.165, 1.54) is 13.2 Å². The third-order valence-corrected chi connectivity index (χ3v) is 2.80. The maximum Gasteiger partial charge on any atom is 0.131 e. The quantitative estimate of drug-likeness (QED) is 0.879. The van der Waals surface area contributed by atoms with Gasteiger partial charge in [0.15, 0.2) is 0 Å². The van der Waals surface area contributed by atoms with E-state index in [1.54, 1.807) is 23.0 Å². The van der Waals surface area contributed by atoms with Gasteiger partial charge in [0, 0.05) is 38.0 Å². The van der Waals surface area contributed by atoms with Gasteiger partial charge in [-0.1, -0.05) is 6.07 Å². The Morgan fingerprint density at radius 2 is 2.17 bits per heavy atom. The van der Waals surface area contributed by atoms with Gasteiger partial charge in [0.25, 0.3) is 0 Å². The topological polar surface area (TPSA) is 39.1 Å². The van der Waals surface area contributed by atoms with Crippen molar-refractivity contribution in [3.05, 3.63) is 47.5 Å². The first-order valence-electron chi connectivity index (χ1n) is 5.70. The number of benzene rings is 1. The number of methoxy groups -OCH3 is 1. The van der Waals surface area contributed by atoms with Crippen molar-refractivity contribution >= 4 is 0 Å². The number of nitrogens with zero attached hydrogens (tertiary/aromatic N) is 2. The molecule has 1 N–H and O–H groups in total. The van der Waals surface area contributed by atoms with Crippen LogP contribution in [0.15, 0.2) is 30.5 Å². The summed E-state index contributed by atoms with van der Waals surface area (Å²) in [6.07, 6.45) is 1.74. The highest BCUT2D eigenvalue weighted by atomic mass is 19.1. The normalized spacial score (nSPS) is 10.6. The lowest BCUT2D eigenvalue weighted by Crippen LogP contribution is -2.16. The molecule has 96 valence electrons. The molecule has 0 atom stereocenters. The number of hydrogen-bond acceptors (Lipinski definition) is 3. The Hall–Kier alpha value is -1.88. The summed E-state index contributed by atoms with van der Waals surface area (Å²) in [7, 11) is 3.40. The second kappa shape index (κ2) is 5.64. The first kappa shape index (κ1) is 12.6. The van der Waals surface area contributed by atoms with Crippen LogP contribution in [0.3, 0.4) is 0 Å². The lowest BCUT2D eigenvalue weighted by atomic mass is 10.2. The van der Waals surface area contributed by atoms with Gasteiger partial charge >= 0.3 is 0 Å². The van der Waals surface area contributed by atoms with Crippen molar-refractivity contribution in [2.24, 2.45) is 7.05 Å². The minimum absolute atomic E-state index is 0.258. The van der Waals surface area contributed by atoms with Crippen LogP contribution in [0.1, 0.15) is 11.3 Å². The highest BCUT2D eigenvalue weighted by molar-refractivity contribution is 5.28. The molecule has 0 saturated heterocycles. The van der Waals surface area contributed by atoms with Crippen LogP contribution >= 0.6 is 0 Å². The molecule has 0 fully saturated rings. The zero-order chi connectivity index (χ0) is 13.0. The molecule has 5 heteroatoms. The van der Waals surface area contributed by atoms with E-state index < -0.39 is 0 Å². The van der Waals surface area contributed by atoms with Crippen LogP contribution in [0.5, 0.6) is 5.75 Å². The highest BCUT2D eigenvalue weighted by Gasteiger charge is 2.04. The van der Waals surface area contributed by atoms with Gasteiger partial charge in [-0.25, -0.2) is 4.39 Å². The van der Waals surface area contributed by atoms with E-state index in [2.05, 4.69) is 10.4 Å². The van der Waals surface area contributed by atoms with Crippen LogP contribution in [-0.2, 0) is 20.1 Å². The number of rotatable bonds is 5. The average molecular weight is 249 g/mol. The summed E-state index contributed by atoms with van der Waals surface area (Å²) < 4.78 is 20.4. The van der Waals surface area contributed by atoms with Crippen LogP contribution in [-0.4, -0.2) is 16.9 Å². The fourth-order valence-corrected chi connectivity index (χ4v) is 1.70. The van der Waals surface area contributed by atoms with Gasteiger partial charge in [-0.3, -0.25) is 4.68 Å². The molecule has 0 amide bonds. The summed E-state index contributed by atoms with van der Waals surface area (Å²) in [5, 5.41) is 7.25. The number of aryl methyl sites for hydroxylation is 1. The first-order chi connectivity index (χ1) is 8.70. The van der Waals surface area contributed by atoms with Crippen molar-refractivity contribution in [1.29, 1.82) is 0 Å². The third kappa shape index (κ3) is 2.87. The highest BCUT2D eigenvalue weighted by Crippen LogP contribution is 2.16. The number of aromatic nitrogens is 2. The lowest BCUT2D eigenvalue weighted by Gasteiger charge is -2.07. The largest absolute Gasteiger partial charge is 0.497 e. The van der Waals surface area contributed by atoms with Gasteiger partial charge in [0.2, 0.25) is 0 Å². The fraction of sp³-hybridized carbons (Fsp3) is 0.308. The Kier molecular flexibility index (Phi) is 3.94. The molecule has 0 aliphatic rings. The number of ether oxygens (including phenoxy) is 1. The summed E-state index contributed by atoms with van der Waals surface area (Å²) in [5.41, 5.74) is 1.68. The Balaban J connectivity index is 1.92. The molecule has 0 radical (unpaired) electrons. The second-order valence-electron chi connectivity index (χ2n) is 4.01. The van der Waals surface area contributed by atoms with Crippen LogP contribution in [0.2, 0.25) is 0 Å². The van der Waals surface area contributed by atoms with Gasteiger partial charge in [-0.15, -0.1) is 0 Å². The number of nitrogens with one attached hydrogen (secondary N) is 1. The molecule has 2 aromatic rings. The number of halogens is 1. The van der Waals surface area contributed by atoms with E-state index in [4.69, 9.17) is 4.74 Å². The predicted octanol–water partition coefficient (Wildman–Crippen LogP) is 1.86. The fourth-order valence-electron chi connectivity index (χ4n) is 1.70. The van der Waals surface area contributed by atoms with Gasteiger partial charge < -0.3 is 10.1 Å². The average Bonchev–Trinajstić information content (AvgIpc) is 2.77. The van der Waals surface area contributed by atoms with Gasteiger partial charge in [-0.05, 0) is 12.1 Å². The summed E-state index contributed by atoms with van der Waals surface area (Å²) >= 11 is 0. The molecule has 0 aliphatic carbocycles. The summed E-state index contributed by atoms with van der Waals surface area (Å²) in [5.74, 6) is 0.273. The lowest BCUT2D eigenvalue weighted by molar-refractivity contribution is 0.410. The molecule has 1 aromatic carbocycles. The van der Waals surface area contributed by atoms with E-state index in [0.29, 0.717) is 24.4 Å². The molecular weight excluding hydrogens is 233 g/mol. The van der Waals surface area contributed by atoms with E-state index in [0.717, 1.165) is 5.69 Å². The minimum Gasteiger partial charge on any atom is -0.497 e. The van der Waals surface area contributed by atoms with Crippen LogP contribution < -0.4 is 10.1 Å². The zero-order valence-electron chi connectivity index (χ0n) is 10.5. The standard InChI is InChI=1S/C13H16FN3O/c1-17-11(5-6-16-17)9-15-8-10-3-4-12(18-2)7-13(10)14/h3-7,15H,8-9H2,1-2H3. The SMILES string of the molecule is COc1ccc(CNCc2ccnn2C)c(F)c1. The van der Waals surface area contributed by atoms with E-state index >= 15 is 0 Å². The summed E-state index contributed by atoms with van der Waals surface area (Å²) in [6.45, 7) is 1.13. The van der Waals surface area contributed by atoms with Crippen molar-refractivity contribution in [2.75, 3.05) is 7.11 Å². The molecule has 0 spiro atoms. The van der Waals surface area contributed by atoms with E-state index in [9.17, 15) is 4.39 Å². The van der Waals surface area contributed by atoms with E-state index in [1.807, 2.05) is 13.1 Å². The van der Waals surface area contributed by atoms with E-state index in [-0.39, 0.29) is 5.82 Å². The molecule has 0 saturated carbocycles. The summed E-state index contributed by atoms with van der Waals surface area (Å²) in [6, 6.07) is 6.80. The van der Waals surface area contributed by atoms with Crippen molar-refractivity contribution in [3.63, 3.8) is 0 Å². The maximum atomic E-state index is 13.6. The van der Waals surface area contributed by atoms with Crippen LogP contribution in [0, 0.1) is 5.82 Å². The van der Waals surface area contributed by atoms with Gasteiger partial charge in [0.05, 0.1) is 12.8 Å². The molecule has 2 rings (SSSR count). The summed E-state index contributed by atoms with van der Waals surface area (Å²) in [4.78, 5) is 0. The monoisotopic (exact) mass is 249 g/mol. The molecule has 1 aromatic heterocycles. The Bertz CT molecular complexity index is 525. The van der Waals surface area contributed by atoms with Gasteiger partial charge in [-0.2, -0.15) is 5.10 Å². The molecule has 18 heavy (non-hydrogen) atoms. The molecule has 0 bridgehead atoms. The molecule has 0 unspecified atom stereocenters. The molecule has 1 heterocycles. The third-order valence-electron chi connectivity index (χ3n) is 2.80. The second-order valence-corrected chi connectivity index (χ2v) is 4.01. The molecular formula is C13H16FN3O. The van der Waals surface area contributed by atoms with Crippen molar-refractivity contribution in [2.45, 2.75) is 13.1 Å². The smallest absolute Gasteiger partial charge is 0.131 e. The predicted molar refractivity (Wildman–Crippen MR) is 66.7 cm³/mol. The molecule has 4 nitrogen and oxygen atoms in total. The Morgan fingerprint density at radius 1 is 1.33 bits per heavy atom. The van der Waals surface area contributed by atoms with Crippen LogP contribution in [0.25, 0.3) is 0 Å². The molecule has 0 aliphatic heterocycles. The maximum absolute atomic E-state index is 13.6. The Labute approximate surface area is 105 Å². The zero-order valence-corrected chi connectivity index (χ0v) is 10.5. The minimum atomic E-state index is -0.258. The van der Waals surface area contributed by atoms with Crippen LogP contribution in [0.4, 0.5) is 4.39 Å². The Morgan fingerprint density at radius 3 is 2.78 bits per heavy atom. The van der Waals surface area contributed by atoms with Crippen molar-refractivity contribution in [3.8, 4) is 5.75 Å². The van der Waals surface area contributed by atoms with Crippen molar-refractivity contribution in [1.82, 2.24) is 15.1 Å². The number of hydrogen-bond donors (Lipinski definition) is 1. The first-order valence-corrected chi connectivity index (χ1v) is 5.70.